The van der Waals surface area contributed by atoms with Gasteiger partial charge in [0.1, 0.15) is 13.2 Å². The number of anilines is 1. The molecule has 0 aliphatic rings. The van der Waals surface area contributed by atoms with Crippen LogP contribution in [0.1, 0.15) is 67.2 Å². The normalized spacial score (nSPS) is 11.2. The fourth-order valence-corrected chi connectivity index (χ4v) is 3.78. The van der Waals surface area contributed by atoms with Crippen molar-refractivity contribution >= 4 is 16.6 Å². The second kappa shape index (κ2) is 15.0. The molecule has 1 heterocycles. The molecule has 0 unspecified atom stereocenters. The average Bonchev–Trinajstić information content (AvgIpc) is 2.82. The number of ether oxygens (including phenoxy) is 2. The smallest absolute Gasteiger partial charge is 0.297 e. The number of hydrogen-bond acceptors (Lipinski definition) is 4. The number of pyridine rings is 1. The Bertz CT molecular complexity index is 1160. The monoisotopic (exact) mass is 492 g/mol. The summed E-state index contributed by atoms with van der Waals surface area (Å²) in [6.07, 6.45) is 12.2. The van der Waals surface area contributed by atoms with E-state index in [4.69, 9.17) is 9.47 Å². The van der Waals surface area contributed by atoms with E-state index >= 15 is 0 Å². The third-order valence-electron chi connectivity index (χ3n) is 5.83. The van der Waals surface area contributed by atoms with Gasteiger partial charge in [0.25, 0.3) is 5.56 Å². The van der Waals surface area contributed by atoms with Gasteiger partial charge in [-0.05, 0) is 78.2 Å². The van der Waals surface area contributed by atoms with E-state index < -0.39 is 0 Å². The molecule has 1 N–H and O–H groups in total. The van der Waals surface area contributed by atoms with Crippen molar-refractivity contribution < 1.29 is 9.47 Å². The Kier molecular flexibility index (Phi) is 12.1. The predicted molar refractivity (Wildman–Crippen MR) is 155 cm³/mol. The third-order valence-corrected chi connectivity index (χ3v) is 5.83. The van der Waals surface area contributed by atoms with Crippen LogP contribution in [0.4, 0.5) is 5.69 Å². The fraction of sp³-hybridized carbons (Fsp3) is 0.452. The Morgan fingerprint density at radius 3 is 2.39 bits per heavy atom. The number of aromatic nitrogens is 1. The van der Waals surface area contributed by atoms with E-state index in [0.717, 1.165) is 54.4 Å². The van der Waals surface area contributed by atoms with Crippen LogP contribution < -0.4 is 20.3 Å². The molecule has 0 bridgehead atoms. The molecule has 1 aromatic carbocycles. The number of allylic oxidation sites excluding steroid dienone is 4. The number of unbranched alkanes of at least 4 members (excludes halogenated alkanes) is 1. The van der Waals surface area contributed by atoms with Crippen LogP contribution in [0.2, 0.25) is 0 Å². The number of hydrogen-bond donors (Lipinski definition) is 1. The van der Waals surface area contributed by atoms with Gasteiger partial charge in [0.2, 0.25) is 5.75 Å². The Balaban J connectivity index is 2.45. The molecule has 5 nitrogen and oxygen atoms in total. The zero-order chi connectivity index (χ0) is 26.5. The summed E-state index contributed by atoms with van der Waals surface area (Å²) in [5.41, 5.74) is 5.52. The van der Waals surface area contributed by atoms with Gasteiger partial charge in [-0.2, -0.15) is 0 Å². The molecule has 0 spiro atoms. The average molecular weight is 493 g/mol. The van der Waals surface area contributed by atoms with E-state index in [9.17, 15) is 4.79 Å². The Morgan fingerprint density at radius 1 is 1.00 bits per heavy atom. The highest BCUT2D eigenvalue weighted by Gasteiger charge is 2.20. The maximum absolute atomic E-state index is 13.5. The Hall–Kier alpha value is -3.21. The van der Waals surface area contributed by atoms with Crippen LogP contribution in [0.15, 0.2) is 70.6 Å². The van der Waals surface area contributed by atoms with Gasteiger partial charge >= 0.3 is 0 Å². The summed E-state index contributed by atoms with van der Waals surface area (Å²) < 4.78 is 13.8. The molecule has 2 rings (SSSR count). The first kappa shape index (κ1) is 29.0. The lowest BCUT2D eigenvalue weighted by atomic mass is 10.1. The number of fused-ring (bicyclic) bond motifs is 1. The minimum atomic E-state index is -0.169. The highest BCUT2D eigenvalue weighted by molar-refractivity contribution is 5.90. The van der Waals surface area contributed by atoms with Crippen LogP contribution in [-0.2, 0) is 6.54 Å². The first-order valence-electron chi connectivity index (χ1n) is 13.0. The van der Waals surface area contributed by atoms with Crippen LogP contribution >= 0.6 is 0 Å². The van der Waals surface area contributed by atoms with Gasteiger partial charge in [-0.25, -0.2) is 0 Å². The van der Waals surface area contributed by atoms with Crippen molar-refractivity contribution in [2.75, 3.05) is 25.1 Å². The maximum atomic E-state index is 13.5. The summed E-state index contributed by atoms with van der Waals surface area (Å²) in [6.45, 7) is 18.3. The van der Waals surface area contributed by atoms with Crippen molar-refractivity contribution in [3.63, 3.8) is 0 Å². The first-order chi connectivity index (χ1) is 17.3. The molecular formula is C31H44N2O3. The van der Waals surface area contributed by atoms with Crippen molar-refractivity contribution in [2.45, 2.75) is 73.8 Å². The lowest BCUT2D eigenvalue weighted by Gasteiger charge is -2.19. The van der Waals surface area contributed by atoms with E-state index in [1.54, 1.807) is 6.08 Å². The van der Waals surface area contributed by atoms with Crippen LogP contribution in [0.25, 0.3) is 10.9 Å². The molecule has 36 heavy (non-hydrogen) atoms. The SMILES string of the molecule is C=CCOc1c(OCC=C(C)C)c2ccc(NC/C=C(\C)CCC=C(C)C)cc2n(CCCC)c1=O. The molecular weight excluding hydrogens is 448 g/mol. The molecule has 0 radical (unpaired) electrons. The van der Waals surface area contributed by atoms with E-state index in [1.807, 2.05) is 42.7 Å². The van der Waals surface area contributed by atoms with Gasteiger partial charge in [0.05, 0.1) is 5.52 Å². The molecule has 0 amide bonds. The second-order valence-corrected chi connectivity index (χ2v) is 9.64. The molecule has 0 aliphatic heterocycles. The summed E-state index contributed by atoms with van der Waals surface area (Å²) in [5.74, 6) is 0.736. The number of nitrogens with zero attached hydrogens (tertiary/aromatic N) is 1. The summed E-state index contributed by atoms with van der Waals surface area (Å²) in [6, 6.07) is 6.10. The molecule has 0 saturated carbocycles. The quantitative estimate of drug-likeness (QED) is 0.258. The van der Waals surface area contributed by atoms with Crippen molar-refractivity contribution in [3.05, 3.63) is 76.2 Å². The highest BCUT2D eigenvalue weighted by Crippen LogP contribution is 2.34. The molecule has 1 aromatic heterocycles. The standard InChI is InChI=1S/C31H44N2O3/c1-8-10-19-33-28-22-26(32-18-16-25(7)13-11-12-23(3)4)14-15-27(28)29(36-21-17-24(5)6)30(31(33)34)35-20-9-2/h9,12,14-17,22,32H,2,8,10-11,13,18-21H2,1,3-7H3/b25-16+. The summed E-state index contributed by atoms with van der Waals surface area (Å²) in [4.78, 5) is 13.5. The van der Waals surface area contributed by atoms with Gasteiger partial charge in [-0.15, -0.1) is 0 Å². The topological polar surface area (TPSA) is 52.5 Å². The third kappa shape index (κ3) is 8.78. The van der Waals surface area contributed by atoms with Gasteiger partial charge < -0.3 is 19.4 Å². The molecule has 2 aromatic rings. The van der Waals surface area contributed by atoms with E-state index in [0.29, 0.717) is 18.9 Å². The van der Waals surface area contributed by atoms with Gasteiger partial charge in [0, 0.05) is 24.2 Å². The zero-order valence-corrected chi connectivity index (χ0v) is 23.1. The molecule has 0 aliphatic carbocycles. The van der Waals surface area contributed by atoms with Crippen LogP contribution in [0.3, 0.4) is 0 Å². The predicted octanol–water partition coefficient (Wildman–Crippen LogP) is 7.82. The molecule has 5 heteroatoms. The lowest BCUT2D eigenvalue weighted by Crippen LogP contribution is -2.24. The van der Waals surface area contributed by atoms with E-state index in [2.05, 4.69) is 51.7 Å². The number of rotatable bonds is 15. The van der Waals surface area contributed by atoms with Gasteiger partial charge in [-0.1, -0.05) is 54.9 Å². The lowest BCUT2D eigenvalue weighted by molar-refractivity contribution is 0.304. The number of aryl methyl sites for hydroxylation is 1. The summed E-state index contributed by atoms with van der Waals surface area (Å²) in [5, 5.41) is 4.36. The van der Waals surface area contributed by atoms with Gasteiger partial charge in [-0.3, -0.25) is 4.79 Å². The number of benzene rings is 1. The fourth-order valence-electron chi connectivity index (χ4n) is 3.78. The summed E-state index contributed by atoms with van der Waals surface area (Å²) in [7, 11) is 0. The largest absolute Gasteiger partial charge is 0.485 e. The van der Waals surface area contributed by atoms with Crippen LogP contribution in [0.5, 0.6) is 11.5 Å². The molecule has 196 valence electrons. The minimum Gasteiger partial charge on any atom is -0.485 e. The van der Waals surface area contributed by atoms with Crippen LogP contribution in [0, 0.1) is 0 Å². The minimum absolute atomic E-state index is 0.169. The summed E-state index contributed by atoms with van der Waals surface area (Å²) >= 11 is 0. The Morgan fingerprint density at radius 2 is 1.72 bits per heavy atom. The van der Waals surface area contributed by atoms with E-state index in [-0.39, 0.29) is 17.9 Å². The van der Waals surface area contributed by atoms with Crippen molar-refractivity contribution in [1.29, 1.82) is 0 Å². The zero-order valence-electron chi connectivity index (χ0n) is 23.1. The second-order valence-electron chi connectivity index (χ2n) is 9.64. The Labute approximate surface area is 217 Å². The van der Waals surface area contributed by atoms with Crippen LogP contribution in [-0.4, -0.2) is 24.3 Å². The molecule has 0 atom stereocenters. The highest BCUT2D eigenvalue weighted by atomic mass is 16.5. The number of nitrogens with one attached hydrogen (secondary N) is 1. The first-order valence-corrected chi connectivity index (χ1v) is 13.0. The van der Waals surface area contributed by atoms with E-state index in [1.165, 1.54) is 11.1 Å². The maximum Gasteiger partial charge on any atom is 0.297 e. The molecule has 0 saturated heterocycles. The van der Waals surface area contributed by atoms with Gasteiger partial charge in [0.15, 0.2) is 5.75 Å². The van der Waals surface area contributed by atoms with Crippen molar-refractivity contribution in [2.24, 2.45) is 0 Å². The van der Waals surface area contributed by atoms with Crippen molar-refractivity contribution in [1.82, 2.24) is 4.57 Å². The molecule has 0 fully saturated rings. The van der Waals surface area contributed by atoms with Crippen molar-refractivity contribution in [3.8, 4) is 11.5 Å².